The molecule has 0 aliphatic rings. The molecule has 0 bridgehead atoms. The molecule has 0 aliphatic carbocycles. The Kier molecular flexibility index (Phi) is 7.21. The van der Waals surface area contributed by atoms with Gasteiger partial charge in [0.1, 0.15) is 17.3 Å². The number of carbonyl (C=O) groups excluding carboxylic acids is 2. The van der Waals surface area contributed by atoms with E-state index in [1.54, 1.807) is 47.3 Å². The fourth-order valence-corrected chi connectivity index (χ4v) is 3.42. The minimum absolute atomic E-state index is 0.0813. The highest BCUT2D eigenvalue weighted by atomic mass is 19.1. The van der Waals surface area contributed by atoms with Gasteiger partial charge in [-0.25, -0.2) is 9.07 Å². The van der Waals surface area contributed by atoms with Crippen LogP contribution in [0.15, 0.2) is 79.0 Å². The summed E-state index contributed by atoms with van der Waals surface area (Å²) >= 11 is 0. The van der Waals surface area contributed by atoms with E-state index >= 15 is 0 Å². The second-order valence-electron chi connectivity index (χ2n) is 7.90. The summed E-state index contributed by atoms with van der Waals surface area (Å²) in [5, 5.41) is 10.2. The van der Waals surface area contributed by atoms with Crippen LogP contribution >= 0.6 is 0 Å². The van der Waals surface area contributed by atoms with Gasteiger partial charge in [0.15, 0.2) is 6.61 Å². The van der Waals surface area contributed by atoms with Crippen molar-refractivity contribution in [3.8, 4) is 22.7 Å². The van der Waals surface area contributed by atoms with E-state index in [9.17, 15) is 14.0 Å². The number of likely N-dealkylation sites (N-methyl/N-ethyl adjacent to an activating group) is 1. The van der Waals surface area contributed by atoms with Crippen LogP contribution in [0.3, 0.4) is 0 Å². The molecular formula is C27H25FN4O3. The van der Waals surface area contributed by atoms with Crippen molar-refractivity contribution in [3.05, 3.63) is 95.9 Å². The average molecular weight is 473 g/mol. The van der Waals surface area contributed by atoms with Gasteiger partial charge in [0, 0.05) is 24.0 Å². The molecule has 0 spiro atoms. The summed E-state index contributed by atoms with van der Waals surface area (Å²) in [5.41, 5.74) is 3.95. The highest BCUT2D eigenvalue weighted by molar-refractivity contribution is 6.08. The Bertz CT molecular complexity index is 1310. The number of nitrogens with zero attached hydrogens (tertiary/aromatic N) is 2. The quantitative estimate of drug-likeness (QED) is 0.387. The predicted molar refractivity (Wildman–Crippen MR) is 132 cm³/mol. The Hall–Kier alpha value is -4.46. The molecule has 178 valence electrons. The Balaban J connectivity index is 1.56. The van der Waals surface area contributed by atoms with Crippen LogP contribution in [-0.2, 0) is 4.79 Å². The molecule has 2 N–H and O–H groups in total. The van der Waals surface area contributed by atoms with Crippen LogP contribution in [0.25, 0.3) is 16.9 Å². The first-order valence-electron chi connectivity index (χ1n) is 11.2. The van der Waals surface area contributed by atoms with Crippen LogP contribution in [0.5, 0.6) is 5.75 Å². The van der Waals surface area contributed by atoms with E-state index in [-0.39, 0.29) is 24.2 Å². The summed E-state index contributed by atoms with van der Waals surface area (Å²) in [6.07, 6.45) is 1.63. The van der Waals surface area contributed by atoms with E-state index in [1.165, 1.54) is 12.1 Å². The van der Waals surface area contributed by atoms with Crippen LogP contribution < -0.4 is 15.4 Å². The number of hydrogen-bond acceptors (Lipinski definition) is 4. The first kappa shape index (κ1) is 23.7. The zero-order chi connectivity index (χ0) is 24.8. The molecule has 2 amide bonds. The number of carbonyl (C=O) groups is 2. The van der Waals surface area contributed by atoms with E-state index in [1.807, 2.05) is 38.1 Å². The minimum atomic E-state index is -0.351. The van der Waals surface area contributed by atoms with Crippen molar-refractivity contribution in [1.82, 2.24) is 15.1 Å². The highest BCUT2D eigenvalue weighted by Gasteiger charge is 2.19. The topological polar surface area (TPSA) is 85.3 Å². The summed E-state index contributed by atoms with van der Waals surface area (Å²) in [6, 6.07) is 20.4. The molecule has 3 aromatic carbocycles. The second kappa shape index (κ2) is 10.6. The van der Waals surface area contributed by atoms with Crippen LogP contribution in [0.2, 0.25) is 0 Å². The molecular weight excluding hydrogens is 447 g/mol. The van der Waals surface area contributed by atoms with Crippen LogP contribution in [0.4, 0.5) is 10.1 Å². The molecule has 0 fully saturated rings. The fraction of sp³-hybridized carbons (Fsp3) is 0.148. The van der Waals surface area contributed by atoms with Gasteiger partial charge < -0.3 is 15.4 Å². The smallest absolute Gasteiger partial charge is 0.259 e. The number of benzene rings is 3. The normalized spacial score (nSPS) is 10.6. The van der Waals surface area contributed by atoms with Crippen molar-refractivity contribution in [3.63, 3.8) is 0 Å². The molecule has 35 heavy (non-hydrogen) atoms. The van der Waals surface area contributed by atoms with Gasteiger partial charge in [0.25, 0.3) is 11.8 Å². The van der Waals surface area contributed by atoms with E-state index in [0.717, 1.165) is 11.1 Å². The monoisotopic (exact) mass is 472 g/mol. The molecule has 0 atom stereocenters. The van der Waals surface area contributed by atoms with Gasteiger partial charge in [-0.2, -0.15) is 5.10 Å². The van der Waals surface area contributed by atoms with Crippen LogP contribution in [0, 0.1) is 12.7 Å². The number of hydrogen-bond donors (Lipinski definition) is 2. The Morgan fingerprint density at radius 1 is 0.971 bits per heavy atom. The Morgan fingerprint density at radius 2 is 1.66 bits per heavy atom. The molecule has 0 radical (unpaired) electrons. The minimum Gasteiger partial charge on any atom is -0.484 e. The SMILES string of the molecule is CCNC(=O)COc1ccc(NC(=O)c2cn(-c3ccc(F)cc3)nc2-c2ccc(C)cc2)cc1. The van der Waals surface area contributed by atoms with Gasteiger partial charge in [-0.1, -0.05) is 29.8 Å². The van der Waals surface area contributed by atoms with Crippen molar-refractivity contribution in [1.29, 1.82) is 0 Å². The van der Waals surface area contributed by atoms with E-state index in [4.69, 9.17) is 4.74 Å². The Labute approximate surface area is 202 Å². The summed E-state index contributed by atoms with van der Waals surface area (Å²) in [6.45, 7) is 4.28. The number of rotatable bonds is 8. The lowest BCUT2D eigenvalue weighted by Crippen LogP contribution is -2.28. The first-order chi connectivity index (χ1) is 16.9. The Morgan fingerprint density at radius 3 is 2.31 bits per heavy atom. The number of nitrogens with one attached hydrogen (secondary N) is 2. The summed E-state index contributed by atoms with van der Waals surface area (Å²) in [5.74, 6) is -0.383. The van der Waals surface area contributed by atoms with E-state index in [0.29, 0.717) is 34.9 Å². The predicted octanol–water partition coefficient (Wildman–Crippen LogP) is 4.75. The third kappa shape index (κ3) is 5.92. The average Bonchev–Trinajstić information content (AvgIpc) is 3.30. The van der Waals surface area contributed by atoms with Crippen molar-refractivity contribution < 1.29 is 18.7 Å². The summed E-state index contributed by atoms with van der Waals surface area (Å²) < 4.78 is 20.4. The molecule has 1 aromatic heterocycles. The van der Waals surface area contributed by atoms with Gasteiger partial charge in [0.05, 0.1) is 11.3 Å². The summed E-state index contributed by atoms with van der Waals surface area (Å²) in [7, 11) is 0. The molecule has 0 saturated carbocycles. The maximum absolute atomic E-state index is 13.4. The van der Waals surface area contributed by atoms with E-state index < -0.39 is 0 Å². The molecule has 1 heterocycles. The molecule has 8 heteroatoms. The maximum atomic E-state index is 13.4. The maximum Gasteiger partial charge on any atom is 0.259 e. The van der Waals surface area contributed by atoms with E-state index in [2.05, 4.69) is 15.7 Å². The van der Waals surface area contributed by atoms with Crippen molar-refractivity contribution in [2.24, 2.45) is 0 Å². The zero-order valence-corrected chi connectivity index (χ0v) is 19.4. The molecule has 0 unspecified atom stereocenters. The second-order valence-corrected chi connectivity index (χ2v) is 7.90. The van der Waals surface area contributed by atoms with Crippen molar-refractivity contribution in [2.45, 2.75) is 13.8 Å². The van der Waals surface area contributed by atoms with Gasteiger partial charge in [-0.3, -0.25) is 9.59 Å². The van der Waals surface area contributed by atoms with Gasteiger partial charge in [-0.15, -0.1) is 0 Å². The van der Waals surface area contributed by atoms with Crippen molar-refractivity contribution in [2.75, 3.05) is 18.5 Å². The molecule has 0 saturated heterocycles. The van der Waals surface area contributed by atoms with Gasteiger partial charge in [0.2, 0.25) is 0 Å². The zero-order valence-electron chi connectivity index (χ0n) is 19.4. The molecule has 4 rings (SSSR count). The number of amides is 2. The molecule has 7 nitrogen and oxygen atoms in total. The van der Waals surface area contributed by atoms with Crippen molar-refractivity contribution >= 4 is 17.5 Å². The third-order valence-corrected chi connectivity index (χ3v) is 5.23. The molecule has 4 aromatic rings. The largest absolute Gasteiger partial charge is 0.484 e. The number of ether oxygens (including phenoxy) is 1. The first-order valence-corrected chi connectivity index (χ1v) is 11.2. The lowest BCUT2D eigenvalue weighted by atomic mass is 10.1. The van der Waals surface area contributed by atoms with Crippen LogP contribution in [-0.4, -0.2) is 34.7 Å². The lowest BCUT2D eigenvalue weighted by molar-refractivity contribution is -0.122. The molecule has 0 aliphatic heterocycles. The highest BCUT2D eigenvalue weighted by Crippen LogP contribution is 2.26. The van der Waals surface area contributed by atoms with Gasteiger partial charge in [-0.05, 0) is 62.4 Å². The standard InChI is InChI=1S/C27H25FN4O3/c1-3-29-25(33)17-35-23-14-10-21(11-15-23)30-27(34)24-16-32(22-12-8-20(28)9-13-22)31-26(24)19-6-4-18(2)5-7-19/h4-16H,3,17H2,1-2H3,(H,29,33)(H,30,34). The number of aryl methyl sites for hydroxylation is 1. The number of aromatic nitrogens is 2. The number of halogens is 1. The lowest BCUT2D eigenvalue weighted by Gasteiger charge is -2.08. The fourth-order valence-electron chi connectivity index (χ4n) is 3.42. The van der Waals surface area contributed by atoms with Gasteiger partial charge >= 0.3 is 0 Å². The third-order valence-electron chi connectivity index (χ3n) is 5.23. The summed E-state index contributed by atoms with van der Waals surface area (Å²) in [4.78, 5) is 24.8. The number of anilines is 1. The van der Waals surface area contributed by atoms with Crippen LogP contribution in [0.1, 0.15) is 22.8 Å².